The van der Waals surface area contributed by atoms with Crippen LogP contribution in [0, 0.1) is 28.6 Å². The van der Waals surface area contributed by atoms with Crippen molar-refractivity contribution in [1.82, 2.24) is 0 Å². The van der Waals surface area contributed by atoms with Crippen molar-refractivity contribution in [2.24, 2.45) is 38.9 Å². The van der Waals surface area contributed by atoms with Gasteiger partial charge in [0.05, 0.1) is 17.9 Å². The highest BCUT2D eigenvalue weighted by Gasteiger charge is 2.69. The summed E-state index contributed by atoms with van der Waals surface area (Å²) < 4.78 is 21.2. The molecule has 7 unspecified atom stereocenters. The summed E-state index contributed by atoms with van der Waals surface area (Å²) >= 11 is 0. The first kappa shape index (κ1) is 35.1. The molecule has 0 saturated heterocycles. The third-order valence-electron chi connectivity index (χ3n) is 10.9. The van der Waals surface area contributed by atoms with Crippen LogP contribution in [0.3, 0.4) is 0 Å². The number of oxime groups is 2. The Morgan fingerprint density at radius 1 is 0.814 bits per heavy atom. The van der Waals surface area contributed by atoms with Gasteiger partial charge in [-0.25, -0.2) is 0 Å². The maximum Gasteiger partial charge on any atom is 0.185 e. The lowest BCUT2D eigenvalue weighted by molar-refractivity contribution is -0.120. The van der Waals surface area contributed by atoms with Gasteiger partial charge in [0.1, 0.15) is 25.5 Å². The van der Waals surface area contributed by atoms with Crippen molar-refractivity contribution in [3.63, 3.8) is 0 Å². The molecule has 10 heteroatoms. The molecule has 0 aromatic heterocycles. The van der Waals surface area contributed by atoms with Crippen molar-refractivity contribution in [3.8, 4) is 0 Å². The van der Waals surface area contributed by atoms with Crippen LogP contribution in [-0.4, -0.2) is 68.4 Å². The summed E-state index contributed by atoms with van der Waals surface area (Å²) in [6, 6.07) is 0. The van der Waals surface area contributed by atoms with Crippen molar-refractivity contribution < 1.29 is 23.0 Å². The second-order valence-corrected chi connectivity index (χ2v) is 30.8. The van der Waals surface area contributed by atoms with Gasteiger partial charge in [-0.15, -0.1) is 0 Å². The first-order chi connectivity index (χ1) is 19.6. The van der Waals surface area contributed by atoms with E-state index < -0.39 is 30.6 Å². The summed E-state index contributed by atoms with van der Waals surface area (Å²) in [6.45, 7) is 28.6. The number of fused-ring (bicyclic) bond motifs is 5. The van der Waals surface area contributed by atoms with E-state index in [0.29, 0.717) is 24.4 Å². The fourth-order valence-electron chi connectivity index (χ4n) is 9.79. The first-order valence-corrected chi connectivity index (χ1v) is 26.8. The number of rotatable bonds is 10. The van der Waals surface area contributed by atoms with Gasteiger partial charge in [0.2, 0.25) is 0 Å². The second kappa shape index (κ2) is 11.8. The lowest BCUT2D eigenvalue weighted by atomic mass is 9.44. The smallest absolute Gasteiger partial charge is 0.185 e. The number of hydrogen-bond acceptors (Lipinski definition) is 7. The SMILES string of the molecule is CO/N=C(/CO[Si](C)(C)C)C1(O[Si](C)(C)C)CCC2C3CC(C)(O[Si](C)(C)C)C4=C/C(=N/OC)CCC4(C)C3CCC21C. The van der Waals surface area contributed by atoms with E-state index in [4.69, 9.17) is 28.1 Å². The molecule has 0 aliphatic heterocycles. The quantitative estimate of drug-likeness (QED) is 0.135. The standard InChI is InChI=1S/C33H62N2O5Si3/c1-30-18-15-24(34-36-4)21-28(30)32(3,39-42(9,10)11)22-25-26(30)16-19-31(2)27(25)17-20-33(31,40-43(12,13)14)29(35-37-5)23-38-41(6,7)8/h21,25-27H,15-20,22-23H2,1-14H3/b34-24+,35-29-. The molecule has 0 spiro atoms. The Morgan fingerprint density at radius 3 is 2.00 bits per heavy atom. The number of hydrogen-bond donors (Lipinski definition) is 0. The molecule has 0 radical (unpaired) electrons. The van der Waals surface area contributed by atoms with Crippen LogP contribution in [0.4, 0.5) is 0 Å². The lowest BCUT2D eigenvalue weighted by Gasteiger charge is -2.64. The fraction of sp³-hybridized carbons (Fsp3) is 0.879. The van der Waals surface area contributed by atoms with E-state index in [1.807, 2.05) is 0 Å². The van der Waals surface area contributed by atoms with Crippen LogP contribution in [0.5, 0.6) is 0 Å². The van der Waals surface area contributed by atoms with Gasteiger partial charge >= 0.3 is 0 Å². The average molecular weight is 651 g/mol. The molecule has 7 atom stereocenters. The highest BCUT2D eigenvalue weighted by molar-refractivity contribution is 6.70. The molecule has 246 valence electrons. The van der Waals surface area contributed by atoms with E-state index in [9.17, 15) is 0 Å². The zero-order valence-corrected chi connectivity index (χ0v) is 32.9. The van der Waals surface area contributed by atoms with Gasteiger partial charge in [-0.1, -0.05) is 24.2 Å². The minimum absolute atomic E-state index is 0.0659. The molecule has 0 aromatic carbocycles. The van der Waals surface area contributed by atoms with E-state index in [1.54, 1.807) is 14.2 Å². The molecular weight excluding hydrogens is 589 g/mol. The van der Waals surface area contributed by atoms with E-state index in [2.05, 4.69) is 90.9 Å². The maximum atomic E-state index is 7.42. The van der Waals surface area contributed by atoms with Gasteiger partial charge in [0, 0.05) is 5.41 Å². The highest BCUT2D eigenvalue weighted by Crippen LogP contribution is 2.70. The lowest BCUT2D eigenvalue weighted by Crippen LogP contribution is -2.64. The molecule has 4 aliphatic carbocycles. The molecule has 0 aromatic rings. The Hall–Kier alpha value is -0.789. The summed E-state index contributed by atoms with van der Waals surface area (Å²) in [5, 5.41) is 9.16. The van der Waals surface area contributed by atoms with Crippen LogP contribution in [0.2, 0.25) is 58.9 Å². The van der Waals surface area contributed by atoms with Gasteiger partial charge in [0.25, 0.3) is 0 Å². The summed E-state index contributed by atoms with van der Waals surface area (Å²) in [4.78, 5) is 10.8. The largest absolute Gasteiger partial charge is 0.412 e. The van der Waals surface area contributed by atoms with E-state index in [0.717, 1.165) is 49.9 Å². The molecule has 7 nitrogen and oxygen atoms in total. The third-order valence-corrected chi connectivity index (χ3v) is 14.0. The van der Waals surface area contributed by atoms with Crippen molar-refractivity contribution >= 4 is 36.4 Å². The van der Waals surface area contributed by atoms with Gasteiger partial charge in [-0.05, 0) is 146 Å². The molecule has 3 fully saturated rings. The Bertz CT molecular complexity index is 1140. The van der Waals surface area contributed by atoms with Crippen LogP contribution in [0.15, 0.2) is 22.0 Å². The predicted octanol–water partition coefficient (Wildman–Crippen LogP) is 8.62. The Kier molecular flexibility index (Phi) is 9.61. The van der Waals surface area contributed by atoms with Crippen LogP contribution in [0.25, 0.3) is 0 Å². The maximum absolute atomic E-state index is 7.42. The molecule has 0 N–H and O–H groups in total. The summed E-state index contributed by atoms with van der Waals surface area (Å²) in [6.07, 6.45) is 9.82. The van der Waals surface area contributed by atoms with Crippen LogP contribution in [0.1, 0.15) is 65.7 Å². The number of nitrogens with zero attached hydrogens (tertiary/aromatic N) is 2. The minimum atomic E-state index is -1.98. The Morgan fingerprint density at radius 2 is 1.44 bits per heavy atom. The van der Waals surface area contributed by atoms with E-state index in [1.165, 1.54) is 12.0 Å². The monoisotopic (exact) mass is 650 g/mol. The average Bonchev–Trinajstić information content (AvgIpc) is 3.12. The van der Waals surface area contributed by atoms with Crippen molar-refractivity contribution in [3.05, 3.63) is 11.6 Å². The zero-order chi connectivity index (χ0) is 32.3. The van der Waals surface area contributed by atoms with Crippen LogP contribution >= 0.6 is 0 Å². The molecule has 4 rings (SSSR count). The normalized spacial score (nSPS) is 39.6. The van der Waals surface area contributed by atoms with Crippen molar-refractivity contribution in [2.75, 3.05) is 20.8 Å². The number of allylic oxidation sites excluding steroid dienone is 1. The van der Waals surface area contributed by atoms with E-state index >= 15 is 0 Å². The summed E-state index contributed by atoms with van der Waals surface area (Å²) in [5.41, 5.74) is 2.64. The Balaban J connectivity index is 1.83. The van der Waals surface area contributed by atoms with Gasteiger partial charge < -0.3 is 23.0 Å². The van der Waals surface area contributed by atoms with Gasteiger partial charge in [0.15, 0.2) is 25.0 Å². The molecule has 0 amide bonds. The second-order valence-electron chi connectivity index (χ2n) is 17.4. The molecule has 3 saturated carbocycles. The summed E-state index contributed by atoms with van der Waals surface area (Å²) in [7, 11) is -2.32. The topological polar surface area (TPSA) is 70.9 Å². The van der Waals surface area contributed by atoms with Crippen LogP contribution in [-0.2, 0) is 23.0 Å². The van der Waals surface area contributed by atoms with Crippen molar-refractivity contribution in [2.45, 2.75) is 136 Å². The molecule has 0 bridgehead atoms. The third kappa shape index (κ3) is 6.70. The minimum Gasteiger partial charge on any atom is -0.412 e. The molecule has 0 heterocycles. The Labute approximate surface area is 265 Å². The van der Waals surface area contributed by atoms with Gasteiger partial charge in [-0.3, -0.25) is 0 Å². The van der Waals surface area contributed by atoms with E-state index in [-0.39, 0.29) is 16.4 Å². The molecular formula is C33H62N2O5Si3. The first-order valence-electron chi connectivity index (χ1n) is 16.6. The van der Waals surface area contributed by atoms with Crippen molar-refractivity contribution in [1.29, 1.82) is 0 Å². The molecule has 43 heavy (non-hydrogen) atoms. The fourth-order valence-corrected chi connectivity index (χ4v) is 13.4. The molecule has 4 aliphatic rings. The summed E-state index contributed by atoms with van der Waals surface area (Å²) in [5.74, 6) is 1.65. The zero-order valence-electron chi connectivity index (χ0n) is 29.9. The predicted molar refractivity (Wildman–Crippen MR) is 185 cm³/mol. The van der Waals surface area contributed by atoms with Crippen LogP contribution < -0.4 is 0 Å². The van der Waals surface area contributed by atoms with Gasteiger partial charge in [-0.2, -0.15) is 0 Å². The highest BCUT2D eigenvalue weighted by atomic mass is 28.4.